The molecule has 0 aliphatic carbocycles. The second kappa shape index (κ2) is 6.43. The Labute approximate surface area is 146 Å². The first kappa shape index (κ1) is 16.8. The summed E-state index contributed by atoms with van der Waals surface area (Å²) in [6, 6.07) is 9.52. The first-order valence-corrected chi connectivity index (χ1v) is 8.06. The molecule has 1 aromatic carbocycles. The Bertz CT molecular complexity index is 856. The number of aryl methyl sites for hydroxylation is 1. The van der Waals surface area contributed by atoms with E-state index in [9.17, 15) is 4.79 Å². The van der Waals surface area contributed by atoms with Crippen molar-refractivity contribution < 1.29 is 4.79 Å². The van der Waals surface area contributed by atoms with Gasteiger partial charge in [0.1, 0.15) is 12.1 Å². The predicted octanol–water partition coefficient (Wildman–Crippen LogP) is 3.45. The van der Waals surface area contributed by atoms with Crippen LogP contribution < -0.4 is 10.7 Å². The van der Waals surface area contributed by atoms with E-state index < -0.39 is 0 Å². The van der Waals surface area contributed by atoms with Crippen LogP contribution >= 0.6 is 0 Å². The predicted molar refractivity (Wildman–Crippen MR) is 97.6 cm³/mol. The molecule has 130 valence electrons. The third-order valence-electron chi connectivity index (χ3n) is 3.73. The molecule has 0 saturated heterocycles. The summed E-state index contributed by atoms with van der Waals surface area (Å²) in [6.07, 6.45) is 4.75. The molecule has 0 atom stereocenters. The second-order valence-electron chi connectivity index (χ2n) is 6.95. The van der Waals surface area contributed by atoms with Crippen LogP contribution in [0.4, 0.5) is 10.6 Å². The van der Waals surface area contributed by atoms with Gasteiger partial charge in [-0.25, -0.2) is 24.6 Å². The zero-order valence-corrected chi connectivity index (χ0v) is 14.8. The summed E-state index contributed by atoms with van der Waals surface area (Å²) in [7, 11) is 0. The largest absolute Gasteiger partial charge is 0.339 e. The number of carbonyl (C=O) groups is 1. The molecule has 0 fully saturated rings. The maximum Gasteiger partial charge on any atom is 0.339 e. The lowest BCUT2D eigenvalue weighted by molar-refractivity contribution is 0.259. The van der Waals surface area contributed by atoms with Crippen molar-refractivity contribution >= 4 is 11.8 Å². The fraction of sp³-hybridized carbons (Fsp3) is 0.278. The Morgan fingerprint density at radius 3 is 2.48 bits per heavy atom. The van der Waals surface area contributed by atoms with E-state index in [4.69, 9.17) is 0 Å². The number of amides is 2. The number of hydrogen-bond donors (Lipinski definition) is 2. The number of hydrogen-bond acceptors (Lipinski definition) is 3. The lowest BCUT2D eigenvalue weighted by Gasteiger charge is -2.14. The topological polar surface area (TPSA) is 76.8 Å². The van der Waals surface area contributed by atoms with E-state index in [1.54, 1.807) is 17.1 Å². The third-order valence-corrected chi connectivity index (χ3v) is 3.73. The zero-order chi connectivity index (χ0) is 18.0. The van der Waals surface area contributed by atoms with Crippen LogP contribution in [0.3, 0.4) is 0 Å². The van der Waals surface area contributed by atoms with Gasteiger partial charge in [-0.2, -0.15) is 5.10 Å². The second-order valence-corrected chi connectivity index (χ2v) is 6.95. The minimum absolute atomic E-state index is 0.132. The normalized spacial score (nSPS) is 11.4. The van der Waals surface area contributed by atoms with Crippen molar-refractivity contribution in [1.29, 1.82) is 0 Å². The van der Waals surface area contributed by atoms with Crippen LogP contribution in [0, 0.1) is 6.92 Å². The number of nitrogens with zero attached hydrogens (tertiary/aromatic N) is 4. The van der Waals surface area contributed by atoms with Gasteiger partial charge in [0.15, 0.2) is 0 Å². The molecule has 3 rings (SSSR count). The molecule has 2 N–H and O–H groups in total. The van der Waals surface area contributed by atoms with E-state index in [1.165, 1.54) is 16.6 Å². The molecule has 0 aliphatic rings. The average Bonchev–Trinajstić information content (AvgIpc) is 3.17. The lowest BCUT2D eigenvalue weighted by atomic mass is 9.92. The van der Waals surface area contributed by atoms with Crippen molar-refractivity contribution in [2.45, 2.75) is 33.1 Å². The highest BCUT2D eigenvalue weighted by atomic mass is 16.2. The fourth-order valence-electron chi connectivity index (χ4n) is 2.31. The summed E-state index contributed by atoms with van der Waals surface area (Å²) >= 11 is 0. The van der Waals surface area contributed by atoms with Crippen molar-refractivity contribution in [3.63, 3.8) is 0 Å². The molecular weight excluding hydrogens is 316 g/mol. The van der Waals surface area contributed by atoms with E-state index in [1.807, 2.05) is 37.3 Å². The van der Waals surface area contributed by atoms with Crippen molar-refractivity contribution in [1.82, 2.24) is 19.4 Å². The highest BCUT2D eigenvalue weighted by molar-refractivity contribution is 5.94. The zero-order valence-electron chi connectivity index (χ0n) is 14.8. The number of imidazole rings is 1. The highest BCUT2D eigenvalue weighted by Crippen LogP contribution is 2.26. The number of rotatable bonds is 3. The number of benzene rings is 1. The Hall–Kier alpha value is -3.09. The molecule has 0 spiro atoms. The Kier molecular flexibility index (Phi) is 4.31. The fourth-order valence-corrected chi connectivity index (χ4v) is 2.31. The third kappa shape index (κ3) is 3.88. The maximum atomic E-state index is 12.3. The van der Waals surface area contributed by atoms with Gasteiger partial charge in [0.25, 0.3) is 0 Å². The Morgan fingerprint density at radius 2 is 1.88 bits per heavy atom. The van der Waals surface area contributed by atoms with Gasteiger partial charge in [-0.15, -0.1) is 0 Å². The molecule has 0 aliphatic heterocycles. The van der Waals surface area contributed by atoms with Crippen LogP contribution in [0.15, 0.2) is 49.1 Å². The first-order chi connectivity index (χ1) is 11.8. The van der Waals surface area contributed by atoms with Crippen LogP contribution in [0.25, 0.3) is 5.69 Å². The van der Waals surface area contributed by atoms with Gasteiger partial charge >= 0.3 is 6.03 Å². The highest BCUT2D eigenvalue weighted by Gasteiger charge is 2.21. The van der Waals surface area contributed by atoms with Gasteiger partial charge in [-0.05, 0) is 19.1 Å². The summed E-state index contributed by atoms with van der Waals surface area (Å²) in [6.45, 7) is 8.30. The smallest absolute Gasteiger partial charge is 0.291 e. The Morgan fingerprint density at radius 1 is 1.16 bits per heavy atom. The molecule has 2 amide bonds. The number of aromatic nitrogens is 4. The van der Waals surface area contributed by atoms with Gasteiger partial charge in [0.05, 0.1) is 11.4 Å². The molecule has 7 nitrogen and oxygen atoms in total. The van der Waals surface area contributed by atoms with Crippen molar-refractivity contribution in [3.8, 4) is 5.69 Å². The van der Waals surface area contributed by atoms with Crippen LogP contribution in [0.1, 0.15) is 32.0 Å². The van der Waals surface area contributed by atoms with E-state index in [2.05, 4.69) is 41.6 Å². The summed E-state index contributed by atoms with van der Waals surface area (Å²) in [5.41, 5.74) is 5.49. The molecule has 0 bridgehead atoms. The first-order valence-electron chi connectivity index (χ1n) is 8.06. The summed E-state index contributed by atoms with van der Waals surface area (Å²) in [4.78, 5) is 16.2. The van der Waals surface area contributed by atoms with Gasteiger partial charge in [-0.3, -0.25) is 5.32 Å². The van der Waals surface area contributed by atoms with Crippen molar-refractivity contribution in [3.05, 3.63) is 60.3 Å². The number of urea groups is 1. The Balaban J connectivity index is 1.92. The molecule has 2 aromatic heterocycles. The molecule has 2 heterocycles. The van der Waals surface area contributed by atoms with E-state index in [-0.39, 0.29) is 11.4 Å². The lowest BCUT2D eigenvalue weighted by Crippen LogP contribution is -2.27. The van der Waals surface area contributed by atoms with E-state index >= 15 is 0 Å². The van der Waals surface area contributed by atoms with Gasteiger partial charge < -0.3 is 0 Å². The van der Waals surface area contributed by atoms with Crippen LogP contribution in [-0.2, 0) is 5.41 Å². The minimum atomic E-state index is -0.369. The van der Waals surface area contributed by atoms with E-state index in [0.717, 1.165) is 11.4 Å². The summed E-state index contributed by atoms with van der Waals surface area (Å²) in [5, 5.41) is 7.54. The van der Waals surface area contributed by atoms with Crippen LogP contribution in [-0.4, -0.2) is 25.5 Å². The van der Waals surface area contributed by atoms with Crippen LogP contribution in [0.5, 0.6) is 0 Å². The maximum absolute atomic E-state index is 12.3. The van der Waals surface area contributed by atoms with Crippen LogP contribution in [0.2, 0.25) is 0 Å². The number of nitrogens with one attached hydrogen (secondary N) is 2. The standard InChI is InChI=1S/C18H22N6O/c1-13-5-7-14(8-6-13)24-16(11-15(21-24)18(2,3)4)20-17(25)22-23-10-9-19-12-23/h5-12H,1-4H3,(H2,20,22,25). The minimum Gasteiger partial charge on any atom is -0.291 e. The molecule has 3 aromatic rings. The SMILES string of the molecule is Cc1ccc(-n2nc(C(C)(C)C)cc2NC(=O)Nn2ccnc2)cc1. The monoisotopic (exact) mass is 338 g/mol. The van der Waals surface area contributed by atoms with Crippen molar-refractivity contribution in [2.75, 3.05) is 10.7 Å². The molecule has 25 heavy (non-hydrogen) atoms. The molecule has 0 saturated carbocycles. The van der Waals surface area contributed by atoms with E-state index in [0.29, 0.717) is 5.82 Å². The summed E-state index contributed by atoms with van der Waals surface area (Å²) in [5.74, 6) is 0.603. The number of anilines is 1. The van der Waals surface area contributed by atoms with Gasteiger partial charge in [0, 0.05) is 23.9 Å². The molecular formula is C18H22N6O. The molecule has 0 unspecified atom stereocenters. The van der Waals surface area contributed by atoms with Gasteiger partial charge in [-0.1, -0.05) is 38.5 Å². The van der Waals surface area contributed by atoms with Gasteiger partial charge in [0.2, 0.25) is 0 Å². The molecule has 7 heteroatoms. The summed E-state index contributed by atoms with van der Waals surface area (Å²) < 4.78 is 3.22. The van der Waals surface area contributed by atoms with Crippen molar-refractivity contribution in [2.24, 2.45) is 0 Å². The quantitative estimate of drug-likeness (QED) is 0.768. The molecule has 0 radical (unpaired) electrons. The number of carbonyl (C=O) groups excluding carboxylic acids is 1. The average molecular weight is 338 g/mol.